The third-order valence-electron chi connectivity index (χ3n) is 3.28. The monoisotopic (exact) mass is 329 g/mol. The van der Waals surface area contributed by atoms with E-state index in [4.69, 9.17) is 10.4 Å². The number of aliphatic carboxylic acids is 1. The second-order valence-corrected chi connectivity index (χ2v) is 7.70. The lowest BCUT2D eigenvalue weighted by Gasteiger charge is -2.17. The summed E-state index contributed by atoms with van der Waals surface area (Å²) in [7, 11) is -3.06. The molecule has 1 amide bonds. The number of hydrogen-bond acceptors (Lipinski definition) is 6. The summed E-state index contributed by atoms with van der Waals surface area (Å²) in [6.45, 7) is 3.27. The standard InChI is InChI=1S/C13H19N3O5S/c1-8(2)11(13(18)19)16-12(17)9(5-14)6-15-10-3-4-22(20,21)7-10/h6,8,10-11,15H,3-4,7H2,1-2H3,(H,16,17)(H,18,19)/b9-6-. The van der Waals surface area contributed by atoms with Crippen LogP contribution in [0, 0.1) is 17.2 Å². The maximum absolute atomic E-state index is 11.9. The van der Waals surface area contributed by atoms with E-state index in [-0.39, 0.29) is 29.0 Å². The van der Waals surface area contributed by atoms with E-state index in [1.54, 1.807) is 19.9 Å². The molecule has 9 heteroatoms. The van der Waals surface area contributed by atoms with Crippen molar-refractivity contribution in [2.45, 2.75) is 32.4 Å². The van der Waals surface area contributed by atoms with Crippen molar-refractivity contribution >= 4 is 21.7 Å². The van der Waals surface area contributed by atoms with Crippen molar-refractivity contribution in [3.63, 3.8) is 0 Å². The van der Waals surface area contributed by atoms with E-state index in [1.807, 2.05) is 0 Å². The van der Waals surface area contributed by atoms with Crippen LogP contribution >= 0.6 is 0 Å². The first-order valence-electron chi connectivity index (χ1n) is 6.76. The Labute approximate surface area is 129 Å². The lowest BCUT2D eigenvalue weighted by Crippen LogP contribution is -2.45. The van der Waals surface area contributed by atoms with Crippen LogP contribution in [0.1, 0.15) is 20.3 Å². The van der Waals surface area contributed by atoms with Gasteiger partial charge in [-0.3, -0.25) is 4.79 Å². The number of nitrogens with zero attached hydrogens (tertiary/aromatic N) is 1. The lowest BCUT2D eigenvalue weighted by molar-refractivity contribution is -0.142. The highest BCUT2D eigenvalue weighted by atomic mass is 32.2. The molecule has 0 saturated carbocycles. The molecule has 8 nitrogen and oxygen atoms in total. The van der Waals surface area contributed by atoms with Crippen LogP contribution < -0.4 is 10.6 Å². The first kappa shape index (κ1) is 18.0. The molecule has 1 aliphatic rings. The van der Waals surface area contributed by atoms with Crippen molar-refractivity contribution in [3.8, 4) is 6.07 Å². The maximum atomic E-state index is 11.9. The van der Waals surface area contributed by atoms with Crippen LogP contribution in [0.15, 0.2) is 11.8 Å². The predicted molar refractivity (Wildman–Crippen MR) is 78.3 cm³/mol. The normalized spacial score (nSPS) is 21.9. The van der Waals surface area contributed by atoms with Gasteiger partial charge in [-0.15, -0.1) is 0 Å². The summed E-state index contributed by atoms with van der Waals surface area (Å²) in [4.78, 5) is 22.9. The predicted octanol–water partition coefficient (Wildman–Crippen LogP) is -0.604. The Balaban J connectivity index is 2.71. The first-order valence-corrected chi connectivity index (χ1v) is 8.59. The average molecular weight is 329 g/mol. The molecule has 0 aromatic carbocycles. The van der Waals surface area contributed by atoms with Gasteiger partial charge in [-0.1, -0.05) is 13.8 Å². The maximum Gasteiger partial charge on any atom is 0.326 e. The minimum atomic E-state index is -3.06. The molecule has 3 N–H and O–H groups in total. The van der Waals surface area contributed by atoms with Crippen LogP contribution in [0.2, 0.25) is 0 Å². The number of amides is 1. The molecule has 2 atom stereocenters. The average Bonchev–Trinajstić information content (AvgIpc) is 2.75. The topological polar surface area (TPSA) is 136 Å². The molecule has 1 saturated heterocycles. The Kier molecular flexibility index (Phi) is 5.93. The Hall–Kier alpha value is -2.08. The molecule has 0 aliphatic carbocycles. The molecule has 0 aromatic heterocycles. The van der Waals surface area contributed by atoms with Gasteiger partial charge in [0.15, 0.2) is 9.84 Å². The summed E-state index contributed by atoms with van der Waals surface area (Å²) >= 11 is 0. The molecule has 122 valence electrons. The summed E-state index contributed by atoms with van der Waals surface area (Å²) in [5.41, 5.74) is -0.295. The van der Waals surface area contributed by atoms with E-state index in [0.717, 1.165) is 6.20 Å². The van der Waals surface area contributed by atoms with Crippen molar-refractivity contribution in [3.05, 3.63) is 11.8 Å². The largest absolute Gasteiger partial charge is 0.480 e. The number of carbonyl (C=O) groups excluding carboxylic acids is 1. The Morgan fingerprint density at radius 1 is 1.41 bits per heavy atom. The number of hydrogen-bond donors (Lipinski definition) is 3. The van der Waals surface area contributed by atoms with Gasteiger partial charge in [0.25, 0.3) is 5.91 Å². The minimum absolute atomic E-state index is 0.0480. The molecule has 0 aromatic rings. The fourth-order valence-electron chi connectivity index (χ4n) is 2.01. The number of nitriles is 1. The van der Waals surface area contributed by atoms with E-state index in [0.29, 0.717) is 6.42 Å². The van der Waals surface area contributed by atoms with Crippen molar-refractivity contribution in [2.75, 3.05) is 11.5 Å². The third-order valence-corrected chi connectivity index (χ3v) is 5.05. The summed E-state index contributed by atoms with van der Waals surface area (Å²) < 4.78 is 22.6. The molecule has 0 radical (unpaired) electrons. The van der Waals surface area contributed by atoms with Crippen molar-refractivity contribution < 1.29 is 23.1 Å². The van der Waals surface area contributed by atoms with Crippen molar-refractivity contribution in [1.29, 1.82) is 5.26 Å². The molecule has 0 spiro atoms. The van der Waals surface area contributed by atoms with Gasteiger partial charge in [0, 0.05) is 12.2 Å². The van der Waals surface area contributed by atoms with Gasteiger partial charge < -0.3 is 15.7 Å². The second-order valence-electron chi connectivity index (χ2n) is 5.47. The highest BCUT2D eigenvalue weighted by molar-refractivity contribution is 7.91. The summed E-state index contributed by atoms with van der Waals surface area (Å²) in [6, 6.07) is 0.227. The second kappa shape index (κ2) is 7.26. The van der Waals surface area contributed by atoms with Crippen LogP contribution in [0.5, 0.6) is 0 Å². The van der Waals surface area contributed by atoms with Crippen LogP contribution in [0.25, 0.3) is 0 Å². The van der Waals surface area contributed by atoms with Gasteiger partial charge in [0.1, 0.15) is 17.7 Å². The lowest BCUT2D eigenvalue weighted by atomic mass is 10.0. The highest BCUT2D eigenvalue weighted by Crippen LogP contribution is 2.11. The number of carboxylic acid groups (broad SMARTS) is 1. The number of sulfone groups is 1. The molecule has 1 aliphatic heterocycles. The molecule has 2 unspecified atom stereocenters. The summed E-state index contributed by atoms with van der Waals surface area (Å²) in [5.74, 6) is -2.31. The molecular weight excluding hydrogens is 310 g/mol. The molecule has 1 rings (SSSR count). The highest BCUT2D eigenvalue weighted by Gasteiger charge is 2.28. The van der Waals surface area contributed by atoms with Crippen LogP contribution in [0.4, 0.5) is 0 Å². The molecule has 1 heterocycles. The van der Waals surface area contributed by atoms with Gasteiger partial charge in [0.2, 0.25) is 0 Å². The Morgan fingerprint density at radius 3 is 2.45 bits per heavy atom. The van der Waals surface area contributed by atoms with Gasteiger partial charge >= 0.3 is 5.97 Å². The van der Waals surface area contributed by atoms with Crippen LogP contribution in [0.3, 0.4) is 0 Å². The minimum Gasteiger partial charge on any atom is -0.480 e. The zero-order valence-corrected chi connectivity index (χ0v) is 13.2. The fraction of sp³-hybridized carbons (Fsp3) is 0.615. The van der Waals surface area contributed by atoms with Crippen molar-refractivity contribution in [2.24, 2.45) is 5.92 Å². The Morgan fingerprint density at radius 2 is 2.05 bits per heavy atom. The SMILES string of the molecule is CC(C)C(NC(=O)/C(C#N)=C\NC1CCS(=O)(=O)C1)C(=O)O. The molecule has 1 fully saturated rings. The van der Waals surface area contributed by atoms with E-state index < -0.39 is 27.8 Å². The zero-order chi connectivity index (χ0) is 16.9. The van der Waals surface area contributed by atoms with Gasteiger partial charge in [-0.05, 0) is 12.3 Å². The molecule has 22 heavy (non-hydrogen) atoms. The van der Waals surface area contributed by atoms with E-state index >= 15 is 0 Å². The van der Waals surface area contributed by atoms with Crippen molar-refractivity contribution in [1.82, 2.24) is 10.6 Å². The quantitative estimate of drug-likeness (QED) is 0.437. The Bertz CT molecular complexity index is 618. The molecule has 0 bridgehead atoms. The molecular formula is C13H19N3O5S. The zero-order valence-electron chi connectivity index (χ0n) is 12.4. The van der Waals surface area contributed by atoms with Crippen LogP contribution in [-0.2, 0) is 19.4 Å². The van der Waals surface area contributed by atoms with Gasteiger partial charge in [-0.25, -0.2) is 13.2 Å². The van der Waals surface area contributed by atoms with Crippen LogP contribution in [-0.4, -0.2) is 49.0 Å². The van der Waals surface area contributed by atoms with E-state index in [1.165, 1.54) is 0 Å². The fourth-order valence-corrected chi connectivity index (χ4v) is 3.70. The number of carboxylic acids is 1. The third kappa shape index (κ3) is 5.04. The summed E-state index contributed by atoms with van der Waals surface area (Å²) in [6.07, 6.45) is 1.54. The summed E-state index contributed by atoms with van der Waals surface area (Å²) in [5, 5.41) is 23.0. The van der Waals surface area contributed by atoms with E-state index in [2.05, 4.69) is 10.6 Å². The number of rotatable bonds is 6. The number of carbonyl (C=O) groups is 2. The van der Waals surface area contributed by atoms with E-state index in [9.17, 15) is 18.0 Å². The smallest absolute Gasteiger partial charge is 0.326 e. The first-order chi connectivity index (χ1) is 10.2. The van der Waals surface area contributed by atoms with Gasteiger partial charge in [0.05, 0.1) is 11.5 Å². The number of nitrogens with one attached hydrogen (secondary N) is 2. The van der Waals surface area contributed by atoms with Gasteiger partial charge in [-0.2, -0.15) is 5.26 Å².